The lowest BCUT2D eigenvalue weighted by Gasteiger charge is -2.30. The van der Waals surface area contributed by atoms with E-state index in [-0.39, 0.29) is 18.6 Å². The molecule has 0 fully saturated rings. The van der Waals surface area contributed by atoms with Crippen LogP contribution in [0.2, 0.25) is 0 Å². The van der Waals surface area contributed by atoms with Crippen molar-refractivity contribution in [3.63, 3.8) is 0 Å². The van der Waals surface area contributed by atoms with Crippen LogP contribution in [-0.4, -0.2) is 25.1 Å². The van der Waals surface area contributed by atoms with E-state index in [1.54, 1.807) is 0 Å². The Morgan fingerprint density at radius 3 is 1.67 bits per heavy atom. The van der Waals surface area contributed by atoms with Gasteiger partial charge in [-0.25, -0.2) is 0 Å². The van der Waals surface area contributed by atoms with Crippen LogP contribution in [0.5, 0.6) is 0 Å². The molecule has 2 nitrogen and oxygen atoms in total. The summed E-state index contributed by atoms with van der Waals surface area (Å²) in [6, 6.07) is 10.9. The fourth-order valence-electron chi connectivity index (χ4n) is 3.18. The molecular weight excluding hydrogens is 316 g/mol. The monoisotopic (exact) mass is 356 g/mol. The zero-order valence-electron chi connectivity index (χ0n) is 16.4. The number of benzene rings is 1. The smallest absolute Gasteiger partial charge is 0.104 e. The van der Waals surface area contributed by atoms with Gasteiger partial charge in [0.05, 0.1) is 20.6 Å². The van der Waals surface area contributed by atoms with Crippen molar-refractivity contribution in [1.29, 1.82) is 0 Å². The van der Waals surface area contributed by atoms with Crippen molar-refractivity contribution in [3.05, 3.63) is 35.9 Å². The third-order valence-electron chi connectivity index (χ3n) is 4.57. The van der Waals surface area contributed by atoms with Gasteiger partial charge in [-0.05, 0) is 12.8 Å². The van der Waals surface area contributed by atoms with Crippen molar-refractivity contribution < 1.29 is 16.9 Å². The molecule has 1 aromatic rings. The van der Waals surface area contributed by atoms with Gasteiger partial charge < -0.3 is 23.0 Å². The van der Waals surface area contributed by atoms with Crippen LogP contribution in [0.25, 0.3) is 0 Å². The Bertz CT molecular complexity index is 365. The van der Waals surface area contributed by atoms with Crippen LogP contribution < -0.4 is 18.6 Å². The minimum absolute atomic E-state index is 0. The molecule has 0 saturated heterocycles. The third-order valence-corrected chi connectivity index (χ3v) is 4.57. The van der Waals surface area contributed by atoms with Gasteiger partial charge in [0.1, 0.15) is 6.54 Å². The van der Waals surface area contributed by atoms with Crippen molar-refractivity contribution in [2.75, 3.05) is 20.6 Å². The standard InChI is InChI=1S/C21H38N.ClH.H3N/c1-4-5-6-7-8-9-10-11-12-16-19-22(2,3)20-21-17-14-13-15-18-21;;/h13-15,17-18H,4-12,16,19-20H2,1-3H3;1H;1H3/q+1;;/p-1. The van der Waals surface area contributed by atoms with Crippen molar-refractivity contribution in [2.45, 2.75) is 77.7 Å². The summed E-state index contributed by atoms with van der Waals surface area (Å²) in [5.74, 6) is 0. The van der Waals surface area contributed by atoms with Crippen molar-refractivity contribution in [1.82, 2.24) is 6.15 Å². The highest BCUT2D eigenvalue weighted by atomic mass is 35.5. The fraction of sp³-hybridized carbons (Fsp3) is 0.714. The first-order valence-corrected chi connectivity index (χ1v) is 9.50. The largest absolute Gasteiger partial charge is 1.00 e. The van der Waals surface area contributed by atoms with Gasteiger partial charge in [-0.3, -0.25) is 0 Å². The molecule has 0 aromatic heterocycles. The van der Waals surface area contributed by atoms with Gasteiger partial charge >= 0.3 is 0 Å². The molecule has 0 bridgehead atoms. The van der Waals surface area contributed by atoms with Crippen LogP contribution in [0.3, 0.4) is 0 Å². The summed E-state index contributed by atoms with van der Waals surface area (Å²) in [4.78, 5) is 0. The molecule has 0 unspecified atom stereocenters. The summed E-state index contributed by atoms with van der Waals surface area (Å²) >= 11 is 0. The van der Waals surface area contributed by atoms with Crippen LogP contribution in [-0.2, 0) is 6.54 Å². The molecule has 1 aromatic carbocycles. The number of quaternary nitrogens is 1. The zero-order chi connectivity index (χ0) is 16.1. The number of nitrogens with zero attached hydrogens (tertiary/aromatic N) is 1. The Hall–Kier alpha value is -0.570. The maximum Gasteiger partial charge on any atom is 0.104 e. The van der Waals surface area contributed by atoms with E-state index < -0.39 is 0 Å². The second kappa shape index (κ2) is 15.9. The molecule has 0 amide bonds. The number of hydrogen-bond donors (Lipinski definition) is 1. The first-order valence-electron chi connectivity index (χ1n) is 9.50. The predicted molar refractivity (Wildman–Crippen MR) is 104 cm³/mol. The quantitative estimate of drug-likeness (QED) is 0.427. The lowest BCUT2D eigenvalue weighted by Crippen LogP contribution is -3.00. The topological polar surface area (TPSA) is 35.0 Å². The van der Waals surface area contributed by atoms with E-state index in [1.165, 1.54) is 76.3 Å². The number of rotatable bonds is 13. The van der Waals surface area contributed by atoms with Crippen molar-refractivity contribution >= 4 is 0 Å². The third kappa shape index (κ3) is 13.8. The molecule has 3 N–H and O–H groups in total. The highest BCUT2D eigenvalue weighted by Gasteiger charge is 2.14. The number of hydrogen-bond acceptors (Lipinski definition) is 1. The maximum absolute atomic E-state index is 2.36. The molecule has 3 heteroatoms. The summed E-state index contributed by atoms with van der Waals surface area (Å²) in [7, 11) is 4.72. The normalized spacial score (nSPS) is 10.8. The van der Waals surface area contributed by atoms with E-state index in [9.17, 15) is 0 Å². The summed E-state index contributed by atoms with van der Waals surface area (Å²) < 4.78 is 1.11. The molecule has 24 heavy (non-hydrogen) atoms. The Labute approximate surface area is 157 Å². The molecule has 142 valence electrons. The Kier molecular flexibility index (Phi) is 17.0. The molecule has 0 aliphatic carbocycles. The maximum atomic E-state index is 2.36. The van der Waals surface area contributed by atoms with Crippen molar-refractivity contribution in [3.8, 4) is 0 Å². The highest BCUT2D eigenvalue weighted by molar-refractivity contribution is 5.13. The summed E-state index contributed by atoms with van der Waals surface area (Å²) in [5, 5.41) is 0. The second-order valence-corrected chi connectivity index (χ2v) is 7.49. The minimum atomic E-state index is 0. The molecule has 1 rings (SSSR count). The zero-order valence-corrected chi connectivity index (χ0v) is 17.2. The van der Waals surface area contributed by atoms with E-state index in [0.29, 0.717) is 0 Å². The van der Waals surface area contributed by atoms with Gasteiger partial charge in [-0.15, -0.1) is 0 Å². The van der Waals surface area contributed by atoms with Gasteiger partial charge in [0.15, 0.2) is 0 Å². The van der Waals surface area contributed by atoms with Gasteiger partial charge in [0.2, 0.25) is 0 Å². The number of halogens is 1. The molecule has 0 heterocycles. The van der Waals surface area contributed by atoms with Crippen molar-refractivity contribution in [2.24, 2.45) is 0 Å². The van der Waals surface area contributed by atoms with Crippen LogP contribution in [0.1, 0.15) is 76.7 Å². The van der Waals surface area contributed by atoms with Gasteiger partial charge in [-0.1, -0.05) is 88.6 Å². The molecule has 0 atom stereocenters. The fourth-order valence-corrected chi connectivity index (χ4v) is 3.18. The van der Waals surface area contributed by atoms with E-state index >= 15 is 0 Å². The molecular formula is C21H41ClN2. The lowest BCUT2D eigenvalue weighted by atomic mass is 10.1. The summed E-state index contributed by atoms with van der Waals surface area (Å²) in [6.45, 7) is 4.74. The van der Waals surface area contributed by atoms with E-state index in [4.69, 9.17) is 0 Å². The van der Waals surface area contributed by atoms with Gasteiger partial charge in [-0.2, -0.15) is 0 Å². The Morgan fingerprint density at radius 2 is 1.17 bits per heavy atom. The van der Waals surface area contributed by atoms with Crippen LogP contribution in [0.15, 0.2) is 30.3 Å². The molecule has 0 radical (unpaired) electrons. The van der Waals surface area contributed by atoms with E-state index in [1.807, 2.05) is 0 Å². The molecule has 0 saturated carbocycles. The summed E-state index contributed by atoms with van der Waals surface area (Å²) in [5.41, 5.74) is 1.46. The van der Waals surface area contributed by atoms with Gasteiger partial charge in [0, 0.05) is 5.56 Å². The van der Waals surface area contributed by atoms with Gasteiger partial charge in [0.25, 0.3) is 0 Å². The van der Waals surface area contributed by atoms with E-state index in [2.05, 4.69) is 51.4 Å². The first-order chi connectivity index (χ1) is 10.6. The average molecular weight is 357 g/mol. The molecule has 0 aliphatic heterocycles. The SMILES string of the molecule is CCCCCCCCCCCC[N+](C)(C)Cc1ccccc1.N.[Cl-]. The molecule has 0 aliphatic rings. The second-order valence-electron chi connectivity index (χ2n) is 7.49. The minimum Gasteiger partial charge on any atom is -1.00 e. The molecule has 0 spiro atoms. The first kappa shape index (κ1) is 25.7. The highest BCUT2D eigenvalue weighted by Crippen LogP contribution is 2.13. The van der Waals surface area contributed by atoms with Crippen LogP contribution >= 0.6 is 0 Å². The Balaban J connectivity index is 0. The Morgan fingerprint density at radius 1 is 0.708 bits per heavy atom. The number of unbranched alkanes of at least 4 members (excludes halogenated alkanes) is 9. The summed E-state index contributed by atoms with van der Waals surface area (Å²) in [6.07, 6.45) is 14.2. The van der Waals surface area contributed by atoms with E-state index in [0.717, 1.165) is 11.0 Å². The van der Waals surface area contributed by atoms with Crippen LogP contribution in [0.4, 0.5) is 0 Å². The average Bonchev–Trinajstić information content (AvgIpc) is 2.49. The predicted octanol–water partition coefficient (Wildman–Crippen LogP) is 3.35. The van der Waals surface area contributed by atoms with Crippen LogP contribution in [0, 0.1) is 0 Å². The lowest BCUT2D eigenvalue weighted by molar-refractivity contribution is -0.903.